The monoisotopic (exact) mass is 324 g/mol. The van der Waals surface area contributed by atoms with Crippen LogP contribution in [0.3, 0.4) is 0 Å². The Balaban J connectivity index is 2.28. The Bertz CT molecular complexity index is 713. The summed E-state index contributed by atoms with van der Waals surface area (Å²) >= 11 is 5.87. The molecule has 2 aromatic carbocycles. The number of hydrogen-bond acceptors (Lipinski definition) is 6. The van der Waals surface area contributed by atoms with Crippen LogP contribution in [0.4, 0.5) is 0 Å². The van der Waals surface area contributed by atoms with Gasteiger partial charge in [-0.15, -0.1) is 0 Å². The Kier molecular flexibility index (Phi) is 4.62. The van der Waals surface area contributed by atoms with Crippen LogP contribution in [0.5, 0.6) is 28.7 Å². The zero-order chi connectivity index (χ0) is 16.3. The summed E-state index contributed by atoms with van der Waals surface area (Å²) in [6, 6.07) is 6.91. The lowest BCUT2D eigenvalue weighted by molar-refractivity contribution is 0.0726. The number of benzene rings is 2. The van der Waals surface area contributed by atoms with Crippen molar-refractivity contribution >= 4 is 17.6 Å². The lowest BCUT2D eigenvalue weighted by atomic mass is 10.2. The molecule has 0 spiro atoms. The van der Waals surface area contributed by atoms with E-state index in [0.717, 1.165) is 0 Å². The van der Waals surface area contributed by atoms with Gasteiger partial charge in [0, 0.05) is 6.07 Å². The largest absolute Gasteiger partial charge is 0.505 e. The summed E-state index contributed by atoms with van der Waals surface area (Å²) in [4.78, 5) is 12.1. The van der Waals surface area contributed by atoms with Gasteiger partial charge in [-0.1, -0.05) is 11.6 Å². The number of carbonyl (C=O) groups excluding carboxylic acids is 1. The van der Waals surface area contributed by atoms with Crippen molar-refractivity contribution in [1.82, 2.24) is 0 Å². The van der Waals surface area contributed by atoms with E-state index in [1.54, 1.807) is 0 Å². The van der Waals surface area contributed by atoms with Gasteiger partial charge in [-0.2, -0.15) is 0 Å². The van der Waals surface area contributed by atoms with E-state index in [-0.39, 0.29) is 27.8 Å². The molecule has 0 heterocycles. The first-order valence-corrected chi connectivity index (χ1v) is 6.50. The lowest BCUT2D eigenvalue weighted by Gasteiger charge is -2.10. The lowest BCUT2D eigenvalue weighted by Crippen LogP contribution is -2.09. The van der Waals surface area contributed by atoms with E-state index in [2.05, 4.69) is 0 Å². The van der Waals surface area contributed by atoms with Gasteiger partial charge in [-0.25, -0.2) is 4.79 Å². The van der Waals surface area contributed by atoms with Crippen molar-refractivity contribution < 1.29 is 29.2 Å². The van der Waals surface area contributed by atoms with Crippen molar-refractivity contribution in [3.63, 3.8) is 0 Å². The van der Waals surface area contributed by atoms with Gasteiger partial charge in [0.05, 0.1) is 14.2 Å². The van der Waals surface area contributed by atoms with Gasteiger partial charge >= 0.3 is 5.97 Å². The molecule has 7 heteroatoms. The molecule has 0 aliphatic carbocycles. The van der Waals surface area contributed by atoms with E-state index in [0.29, 0.717) is 5.75 Å². The number of hydrogen-bond donors (Lipinski definition) is 2. The van der Waals surface area contributed by atoms with Crippen LogP contribution in [-0.4, -0.2) is 30.4 Å². The number of carbonyl (C=O) groups is 1. The van der Waals surface area contributed by atoms with Gasteiger partial charge in [0.1, 0.15) is 22.1 Å². The van der Waals surface area contributed by atoms with Gasteiger partial charge in [0.15, 0.2) is 17.2 Å². The van der Waals surface area contributed by atoms with Crippen molar-refractivity contribution in [2.24, 2.45) is 0 Å². The molecule has 2 rings (SSSR count). The minimum absolute atomic E-state index is 0.0721. The maximum absolute atomic E-state index is 12.1. The van der Waals surface area contributed by atoms with E-state index in [4.69, 9.17) is 25.8 Å². The van der Waals surface area contributed by atoms with Crippen LogP contribution in [0, 0.1) is 0 Å². The molecule has 6 nitrogen and oxygen atoms in total. The topological polar surface area (TPSA) is 85.2 Å². The maximum atomic E-state index is 12.1. The van der Waals surface area contributed by atoms with Gasteiger partial charge < -0.3 is 24.4 Å². The second-order valence-electron chi connectivity index (χ2n) is 4.20. The summed E-state index contributed by atoms with van der Waals surface area (Å²) in [6.45, 7) is 0. The van der Waals surface area contributed by atoms with Crippen LogP contribution in [-0.2, 0) is 0 Å². The summed E-state index contributed by atoms with van der Waals surface area (Å²) in [6.07, 6.45) is 0. The van der Waals surface area contributed by atoms with Gasteiger partial charge in [0.25, 0.3) is 0 Å². The molecule has 22 heavy (non-hydrogen) atoms. The molecule has 0 saturated carbocycles. The first kappa shape index (κ1) is 15.8. The van der Waals surface area contributed by atoms with Gasteiger partial charge in [-0.05, 0) is 24.3 Å². The molecular formula is C15H13ClO6. The predicted octanol–water partition coefficient (Wildman–Crippen LogP) is 2.99. The average Bonchev–Trinajstić information content (AvgIpc) is 2.51. The van der Waals surface area contributed by atoms with Gasteiger partial charge in [0.2, 0.25) is 0 Å². The Morgan fingerprint density at radius 3 is 2.32 bits per heavy atom. The van der Waals surface area contributed by atoms with Crippen molar-refractivity contribution in [3.8, 4) is 28.7 Å². The molecule has 2 N–H and O–H groups in total. The first-order chi connectivity index (χ1) is 10.5. The van der Waals surface area contributed by atoms with E-state index in [1.165, 1.54) is 44.6 Å². The standard InChI is InChI=1S/C15H13ClO6/c1-20-8-3-5-11(10(17)7-8)22-15(19)9-4-6-12(21-2)13(16)14(9)18/h3-7,17-18H,1-2H3. The summed E-state index contributed by atoms with van der Waals surface area (Å²) in [5, 5.41) is 19.6. The first-order valence-electron chi connectivity index (χ1n) is 6.12. The van der Waals surface area contributed by atoms with Crippen LogP contribution in [0.2, 0.25) is 5.02 Å². The SMILES string of the molecule is COc1ccc(OC(=O)c2ccc(OC)c(Cl)c2O)c(O)c1. The molecule has 0 atom stereocenters. The van der Waals surface area contributed by atoms with Crippen LogP contribution < -0.4 is 14.2 Å². The summed E-state index contributed by atoms with van der Waals surface area (Å²) in [5.41, 5.74) is -0.152. The van der Waals surface area contributed by atoms with E-state index in [1.807, 2.05) is 0 Å². The number of rotatable bonds is 4. The predicted molar refractivity (Wildman–Crippen MR) is 79.3 cm³/mol. The van der Waals surface area contributed by atoms with Gasteiger partial charge in [-0.3, -0.25) is 0 Å². The van der Waals surface area contributed by atoms with E-state index < -0.39 is 11.7 Å². The van der Waals surface area contributed by atoms with Crippen LogP contribution in [0.25, 0.3) is 0 Å². The molecule has 0 fully saturated rings. The van der Waals surface area contributed by atoms with Crippen molar-refractivity contribution in [3.05, 3.63) is 40.9 Å². The zero-order valence-corrected chi connectivity index (χ0v) is 12.5. The number of esters is 1. The summed E-state index contributed by atoms with van der Waals surface area (Å²) < 4.78 is 14.9. The molecular weight excluding hydrogens is 312 g/mol. The molecule has 0 aliphatic heterocycles. The molecule has 0 aliphatic rings. The Morgan fingerprint density at radius 2 is 1.73 bits per heavy atom. The van der Waals surface area contributed by atoms with Crippen LogP contribution >= 0.6 is 11.6 Å². The summed E-state index contributed by atoms with van der Waals surface area (Å²) in [7, 11) is 2.83. The third kappa shape index (κ3) is 3.01. The second kappa shape index (κ2) is 6.44. The fourth-order valence-corrected chi connectivity index (χ4v) is 1.98. The Morgan fingerprint density at radius 1 is 1.05 bits per heavy atom. The average molecular weight is 325 g/mol. The van der Waals surface area contributed by atoms with Crippen molar-refractivity contribution in [2.45, 2.75) is 0 Å². The number of aromatic hydroxyl groups is 2. The second-order valence-corrected chi connectivity index (χ2v) is 4.58. The molecule has 0 radical (unpaired) electrons. The quantitative estimate of drug-likeness (QED) is 0.664. The summed E-state index contributed by atoms with van der Waals surface area (Å²) in [5.74, 6) is -1.04. The van der Waals surface area contributed by atoms with Crippen LogP contribution in [0.15, 0.2) is 30.3 Å². The zero-order valence-electron chi connectivity index (χ0n) is 11.8. The molecule has 0 amide bonds. The fraction of sp³-hybridized carbons (Fsp3) is 0.133. The number of phenolic OH excluding ortho intramolecular Hbond substituents is 2. The number of halogens is 1. The van der Waals surface area contributed by atoms with E-state index >= 15 is 0 Å². The highest BCUT2D eigenvalue weighted by atomic mass is 35.5. The van der Waals surface area contributed by atoms with E-state index in [9.17, 15) is 15.0 Å². The Hall–Kier alpha value is -2.60. The molecule has 2 aromatic rings. The fourth-order valence-electron chi connectivity index (χ4n) is 1.73. The maximum Gasteiger partial charge on any atom is 0.347 e. The molecule has 0 unspecified atom stereocenters. The number of ether oxygens (including phenoxy) is 3. The Labute approximate surface area is 131 Å². The molecule has 0 saturated heterocycles. The minimum Gasteiger partial charge on any atom is -0.505 e. The highest BCUT2D eigenvalue weighted by Crippen LogP contribution is 2.37. The third-order valence-electron chi connectivity index (χ3n) is 2.89. The molecule has 0 aromatic heterocycles. The smallest absolute Gasteiger partial charge is 0.347 e. The minimum atomic E-state index is -0.873. The number of phenols is 2. The van der Waals surface area contributed by atoms with Crippen molar-refractivity contribution in [1.29, 1.82) is 0 Å². The highest BCUT2D eigenvalue weighted by molar-refractivity contribution is 6.34. The van der Waals surface area contributed by atoms with Crippen LogP contribution in [0.1, 0.15) is 10.4 Å². The molecule has 0 bridgehead atoms. The number of methoxy groups -OCH3 is 2. The van der Waals surface area contributed by atoms with Crippen molar-refractivity contribution in [2.75, 3.05) is 14.2 Å². The highest BCUT2D eigenvalue weighted by Gasteiger charge is 2.20. The normalized spacial score (nSPS) is 10.1. The molecule has 116 valence electrons. The third-order valence-corrected chi connectivity index (χ3v) is 3.25.